The summed E-state index contributed by atoms with van der Waals surface area (Å²) in [4.78, 5) is 16.1. The number of amides is 1. The molecule has 2 aliphatic rings. The number of rotatable bonds is 4. The molecule has 0 aromatic heterocycles. The van der Waals surface area contributed by atoms with E-state index in [2.05, 4.69) is 0 Å². The van der Waals surface area contributed by atoms with Crippen LogP contribution in [0.25, 0.3) is 0 Å². The highest BCUT2D eigenvalue weighted by Crippen LogP contribution is 2.26. The SMILES string of the molecule is Cc1cc(C)c(S(=O)(=O)N2CCN(C(=O)C[NH+]3CCCC3)CC2)c(C)c1. The maximum absolute atomic E-state index is 13.1. The summed E-state index contributed by atoms with van der Waals surface area (Å²) in [6, 6.07) is 3.83. The zero-order valence-electron chi connectivity index (χ0n) is 16.0. The lowest BCUT2D eigenvalue weighted by molar-refractivity contribution is -0.879. The van der Waals surface area contributed by atoms with E-state index in [1.165, 1.54) is 22.0 Å². The first-order valence-electron chi connectivity index (χ1n) is 9.48. The van der Waals surface area contributed by atoms with Crippen molar-refractivity contribution < 1.29 is 18.1 Å². The first kappa shape index (κ1) is 19.3. The smallest absolute Gasteiger partial charge is 0.277 e. The summed E-state index contributed by atoms with van der Waals surface area (Å²) in [5.74, 6) is 0.154. The van der Waals surface area contributed by atoms with Crippen molar-refractivity contribution in [2.45, 2.75) is 38.5 Å². The van der Waals surface area contributed by atoms with E-state index in [0.717, 1.165) is 29.8 Å². The number of nitrogens with one attached hydrogen (secondary N) is 1. The highest BCUT2D eigenvalue weighted by atomic mass is 32.2. The number of likely N-dealkylation sites (tertiary alicyclic amines) is 1. The van der Waals surface area contributed by atoms with Gasteiger partial charge in [-0.1, -0.05) is 17.7 Å². The normalized spacial score (nSPS) is 19.9. The standard InChI is InChI=1S/C19H29N3O3S/c1-15-12-16(2)19(17(3)13-15)26(24,25)22-10-8-21(9-11-22)18(23)14-20-6-4-5-7-20/h12-13H,4-11,14H2,1-3H3/p+1. The third-order valence-corrected chi connectivity index (χ3v) is 7.71. The molecular weight excluding hydrogens is 350 g/mol. The molecule has 1 amide bonds. The monoisotopic (exact) mass is 380 g/mol. The van der Waals surface area contributed by atoms with Crippen LogP contribution in [0.3, 0.4) is 0 Å². The van der Waals surface area contributed by atoms with Crippen molar-refractivity contribution in [3.05, 3.63) is 28.8 Å². The Morgan fingerprint density at radius 2 is 1.54 bits per heavy atom. The Morgan fingerprint density at radius 3 is 2.08 bits per heavy atom. The van der Waals surface area contributed by atoms with Crippen LogP contribution in [0.4, 0.5) is 0 Å². The second-order valence-electron chi connectivity index (χ2n) is 7.65. The maximum atomic E-state index is 13.1. The minimum Gasteiger partial charge on any atom is -0.335 e. The van der Waals surface area contributed by atoms with Gasteiger partial charge in [-0.05, 0) is 31.9 Å². The fourth-order valence-electron chi connectivity index (χ4n) is 4.26. The van der Waals surface area contributed by atoms with Crippen LogP contribution < -0.4 is 4.90 Å². The Bertz CT molecular complexity index is 754. The zero-order valence-corrected chi connectivity index (χ0v) is 16.9. The first-order valence-corrected chi connectivity index (χ1v) is 10.9. The minimum atomic E-state index is -3.52. The molecule has 0 saturated carbocycles. The molecule has 1 aromatic rings. The number of hydrogen-bond acceptors (Lipinski definition) is 3. The van der Waals surface area contributed by atoms with Crippen molar-refractivity contribution in [2.24, 2.45) is 0 Å². The quantitative estimate of drug-likeness (QED) is 0.807. The highest BCUT2D eigenvalue weighted by Gasteiger charge is 2.33. The predicted molar refractivity (Wildman–Crippen MR) is 101 cm³/mol. The number of carbonyl (C=O) groups is 1. The largest absolute Gasteiger partial charge is 0.335 e. The van der Waals surface area contributed by atoms with E-state index in [9.17, 15) is 13.2 Å². The van der Waals surface area contributed by atoms with Gasteiger partial charge in [0.15, 0.2) is 6.54 Å². The molecule has 0 aliphatic carbocycles. The molecule has 26 heavy (non-hydrogen) atoms. The third-order valence-electron chi connectivity index (χ3n) is 5.51. The lowest BCUT2D eigenvalue weighted by Crippen LogP contribution is -3.11. The molecule has 0 spiro atoms. The van der Waals surface area contributed by atoms with E-state index >= 15 is 0 Å². The van der Waals surface area contributed by atoms with Gasteiger partial charge in [0.25, 0.3) is 5.91 Å². The molecule has 1 aromatic carbocycles. The van der Waals surface area contributed by atoms with Crippen molar-refractivity contribution in [3.8, 4) is 0 Å². The topological polar surface area (TPSA) is 62.1 Å². The number of piperazine rings is 1. The Labute approximate surface area is 156 Å². The van der Waals surface area contributed by atoms with Crippen LogP contribution in [0.2, 0.25) is 0 Å². The summed E-state index contributed by atoms with van der Waals surface area (Å²) in [5.41, 5.74) is 2.65. The van der Waals surface area contributed by atoms with Crippen molar-refractivity contribution in [3.63, 3.8) is 0 Å². The van der Waals surface area contributed by atoms with Crippen LogP contribution in [0.15, 0.2) is 17.0 Å². The summed E-state index contributed by atoms with van der Waals surface area (Å²) in [6.07, 6.45) is 2.40. The Hall–Kier alpha value is -1.44. The average Bonchev–Trinajstić information content (AvgIpc) is 3.06. The first-order chi connectivity index (χ1) is 12.3. The van der Waals surface area contributed by atoms with E-state index in [1.807, 2.05) is 37.8 Å². The summed E-state index contributed by atoms with van der Waals surface area (Å²) in [7, 11) is -3.52. The second kappa shape index (κ2) is 7.66. The Morgan fingerprint density at radius 1 is 1.00 bits per heavy atom. The van der Waals surface area contributed by atoms with E-state index in [-0.39, 0.29) is 5.91 Å². The Kier molecular flexibility index (Phi) is 5.69. The fourth-order valence-corrected chi connectivity index (χ4v) is 6.09. The summed E-state index contributed by atoms with van der Waals surface area (Å²) in [6.45, 7) is 10.1. The number of nitrogens with zero attached hydrogens (tertiary/aromatic N) is 2. The molecule has 3 rings (SSSR count). The fraction of sp³-hybridized carbons (Fsp3) is 0.632. The molecule has 2 saturated heterocycles. The van der Waals surface area contributed by atoms with Gasteiger partial charge in [-0.15, -0.1) is 0 Å². The van der Waals surface area contributed by atoms with E-state index < -0.39 is 10.0 Å². The highest BCUT2D eigenvalue weighted by molar-refractivity contribution is 7.89. The van der Waals surface area contributed by atoms with Gasteiger partial charge in [0.1, 0.15) is 0 Å². The summed E-state index contributed by atoms with van der Waals surface area (Å²) < 4.78 is 27.8. The van der Waals surface area contributed by atoms with Crippen molar-refractivity contribution >= 4 is 15.9 Å². The molecule has 0 unspecified atom stereocenters. The molecule has 144 valence electrons. The van der Waals surface area contributed by atoms with Crippen LogP contribution >= 0.6 is 0 Å². The Balaban J connectivity index is 1.66. The predicted octanol–water partition coefficient (Wildman–Crippen LogP) is 0.123. The molecule has 2 fully saturated rings. The number of benzene rings is 1. The average molecular weight is 381 g/mol. The van der Waals surface area contributed by atoms with Gasteiger partial charge in [0.05, 0.1) is 18.0 Å². The van der Waals surface area contributed by atoms with Crippen LogP contribution in [0, 0.1) is 20.8 Å². The lowest BCUT2D eigenvalue weighted by Gasteiger charge is -2.34. The number of hydrogen-bond donors (Lipinski definition) is 1. The molecule has 1 N–H and O–H groups in total. The summed E-state index contributed by atoms with van der Waals surface area (Å²) >= 11 is 0. The van der Waals surface area contributed by atoms with Gasteiger partial charge in [-0.25, -0.2) is 8.42 Å². The van der Waals surface area contributed by atoms with Crippen molar-refractivity contribution in [1.29, 1.82) is 0 Å². The number of sulfonamides is 1. The van der Waals surface area contributed by atoms with E-state index in [0.29, 0.717) is 37.6 Å². The molecule has 0 atom stereocenters. The lowest BCUT2D eigenvalue weighted by atomic mass is 10.1. The molecule has 2 aliphatic heterocycles. The van der Waals surface area contributed by atoms with E-state index in [4.69, 9.17) is 0 Å². The molecule has 2 heterocycles. The van der Waals surface area contributed by atoms with Gasteiger partial charge in [-0.3, -0.25) is 4.79 Å². The van der Waals surface area contributed by atoms with Crippen LogP contribution in [-0.4, -0.2) is 69.3 Å². The van der Waals surface area contributed by atoms with Crippen molar-refractivity contribution in [1.82, 2.24) is 9.21 Å². The zero-order chi connectivity index (χ0) is 18.9. The molecule has 6 nitrogen and oxygen atoms in total. The number of aryl methyl sites for hydroxylation is 3. The van der Waals surface area contributed by atoms with Gasteiger partial charge >= 0.3 is 0 Å². The summed E-state index contributed by atoms with van der Waals surface area (Å²) in [5, 5.41) is 0. The van der Waals surface area contributed by atoms with Gasteiger partial charge < -0.3 is 9.80 Å². The van der Waals surface area contributed by atoms with Crippen LogP contribution in [0.1, 0.15) is 29.5 Å². The van der Waals surface area contributed by atoms with Crippen LogP contribution in [0.5, 0.6) is 0 Å². The second-order valence-corrected chi connectivity index (χ2v) is 9.52. The van der Waals surface area contributed by atoms with E-state index in [1.54, 1.807) is 0 Å². The van der Waals surface area contributed by atoms with Crippen LogP contribution in [-0.2, 0) is 14.8 Å². The molecule has 7 heteroatoms. The van der Waals surface area contributed by atoms with Gasteiger partial charge in [-0.2, -0.15) is 4.31 Å². The van der Waals surface area contributed by atoms with Gasteiger partial charge in [0.2, 0.25) is 10.0 Å². The minimum absolute atomic E-state index is 0.154. The third kappa shape index (κ3) is 3.94. The molecule has 0 bridgehead atoms. The number of carbonyl (C=O) groups excluding carboxylic acids is 1. The molecule has 0 radical (unpaired) electrons. The molecular formula is C19H30N3O3S+. The number of quaternary nitrogens is 1. The van der Waals surface area contributed by atoms with Crippen molar-refractivity contribution in [2.75, 3.05) is 45.8 Å². The maximum Gasteiger partial charge on any atom is 0.277 e. The van der Waals surface area contributed by atoms with Gasteiger partial charge in [0, 0.05) is 39.0 Å².